The summed E-state index contributed by atoms with van der Waals surface area (Å²) in [6, 6.07) is 3.78. The Kier molecular flexibility index (Phi) is 4.55. The summed E-state index contributed by atoms with van der Waals surface area (Å²) in [5, 5.41) is 6.84. The molecule has 1 aliphatic carbocycles. The number of sulfonamides is 1. The predicted molar refractivity (Wildman–Crippen MR) is 89.2 cm³/mol. The molecule has 2 N–H and O–H groups in total. The second-order valence-electron chi connectivity index (χ2n) is 5.57. The van der Waals surface area contributed by atoms with E-state index in [0.29, 0.717) is 11.2 Å². The third-order valence-corrected chi connectivity index (χ3v) is 5.59. The van der Waals surface area contributed by atoms with Crippen LogP contribution in [0.1, 0.15) is 24.0 Å². The van der Waals surface area contributed by atoms with Crippen molar-refractivity contribution in [2.24, 2.45) is 0 Å². The van der Waals surface area contributed by atoms with E-state index >= 15 is 0 Å². The van der Waals surface area contributed by atoms with Crippen molar-refractivity contribution in [1.82, 2.24) is 9.62 Å². The van der Waals surface area contributed by atoms with Gasteiger partial charge in [0, 0.05) is 25.8 Å². The molecule has 2 rings (SSSR count). The first-order chi connectivity index (χ1) is 9.71. The molecule has 0 amide bonds. The molecular formula is C14H21N3O2S2. The molecule has 5 nitrogen and oxygen atoms in total. The van der Waals surface area contributed by atoms with E-state index in [4.69, 9.17) is 12.2 Å². The Hall–Kier alpha value is -1.18. The fourth-order valence-electron chi connectivity index (χ4n) is 1.89. The average Bonchev–Trinajstić information content (AvgIpc) is 3.18. The first-order valence-corrected chi connectivity index (χ1v) is 8.68. The Morgan fingerprint density at radius 3 is 2.43 bits per heavy atom. The van der Waals surface area contributed by atoms with E-state index in [9.17, 15) is 8.42 Å². The van der Waals surface area contributed by atoms with Gasteiger partial charge in [0.2, 0.25) is 10.0 Å². The summed E-state index contributed by atoms with van der Waals surface area (Å²) in [6.45, 7) is 3.84. The maximum absolute atomic E-state index is 12.3. The molecule has 7 heteroatoms. The van der Waals surface area contributed by atoms with Crippen LogP contribution >= 0.6 is 12.2 Å². The lowest BCUT2D eigenvalue weighted by Gasteiger charge is -2.17. The molecule has 0 saturated heterocycles. The minimum atomic E-state index is -3.46. The fourth-order valence-corrected chi connectivity index (χ4v) is 3.18. The molecule has 0 atom stereocenters. The highest BCUT2D eigenvalue weighted by Crippen LogP contribution is 2.26. The van der Waals surface area contributed by atoms with Gasteiger partial charge in [-0.05, 0) is 62.2 Å². The zero-order valence-electron chi connectivity index (χ0n) is 12.7. The van der Waals surface area contributed by atoms with Crippen molar-refractivity contribution >= 4 is 33.0 Å². The van der Waals surface area contributed by atoms with Crippen molar-refractivity contribution in [3.63, 3.8) is 0 Å². The smallest absolute Gasteiger partial charge is 0.242 e. The van der Waals surface area contributed by atoms with Crippen LogP contribution in [0.25, 0.3) is 0 Å². The molecule has 116 valence electrons. The number of rotatable bonds is 4. The molecule has 0 radical (unpaired) electrons. The molecule has 0 heterocycles. The van der Waals surface area contributed by atoms with Gasteiger partial charge in [-0.2, -0.15) is 0 Å². The maximum Gasteiger partial charge on any atom is 0.242 e. The lowest BCUT2D eigenvalue weighted by molar-refractivity contribution is 0.520. The molecule has 0 bridgehead atoms. The Labute approximate surface area is 131 Å². The van der Waals surface area contributed by atoms with Gasteiger partial charge in [0.1, 0.15) is 0 Å². The average molecular weight is 327 g/mol. The maximum atomic E-state index is 12.3. The Balaban J connectivity index is 2.32. The van der Waals surface area contributed by atoms with Crippen molar-refractivity contribution in [3.8, 4) is 0 Å². The quantitative estimate of drug-likeness (QED) is 0.828. The third kappa shape index (κ3) is 3.72. The van der Waals surface area contributed by atoms with Gasteiger partial charge in [-0.15, -0.1) is 0 Å². The van der Waals surface area contributed by atoms with Crippen molar-refractivity contribution in [2.45, 2.75) is 37.6 Å². The van der Waals surface area contributed by atoms with E-state index < -0.39 is 10.0 Å². The highest BCUT2D eigenvalue weighted by atomic mass is 32.2. The number of nitrogens with zero attached hydrogens (tertiary/aromatic N) is 1. The molecule has 0 aliphatic heterocycles. The van der Waals surface area contributed by atoms with E-state index in [1.54, 1.807) is 12.1 Å². The monoisotopic (exact) mass is 327 g/mol. The van der Waals surface area contributed by atoms with Gasteiger partial charge < -0.3 is 10.6 Å². The summed E-state index contributed by atoms with van der Waals surface area (Å²) in [4.78, 5) is 0.271. The van der Waals surface area contributed by atoms with E-state index in [1.165, 1.54) is 18.4 Å². The van der Waals surface area contributed by atoms with E-state index in [1.807, 2.05) is 13.8 Å². The lowest BCUT2D eigenvalue weighted by atomic mass is 10.1. The van der Waals surface area contributed by atoms with Crippen molar-refractivity contribution in [2.75, 3.05) is 19.4 Å². The second-order valence-corrected chi connectivity index (χ2v) is 8.13. The molecule has 1 aromatic rings. The van der Waals surface area contributed by atoms with Gasteiger partial charge in [-0.1, -0.05) is 0 Å². The molecule has 1 saturated carbocycles. The van der Waals surface area contributed by atoms with Crippen LogP contribution in [0.3, 0.4) is 0 Å². The van der Waals surface area contributed by atoms with Gasteiger partial charge in [0.05, 0.1) is 4.90 Å². The molecule has 0 aromatic heterocycles. The Morgan fingerprint density at radius 1 is 1.29 bits per heavy atom. The van der Waals surface area contributed by atoms with Crippen LogP contribution < -0.4 is 10.6 Å². The van der Waals surface area contributed by atoms with Crippen LogP contribution in [0, 0.1) is 13.8 Å². The SMILES string of the molecule is Cc1cc(S(=O)(=O)N(C)C)cc(NC(=S)NC2CC2)c1C. The van der Waals surface area contributed by atoms with Gasteiger partial charge in [-0.25, -0.2) is 12.7 Å². The minimum absolute atomic E-state index is 0.271. The van der Waals surface area contributed by atoms with Gasteiger partial charge in [0.15, 0.2) is 5.11 Å². The highest BCUT2D eigenvalue weighted by molar-refractivity contribution is 7.89. The van der Waals surface area contributed by atoms with Crippen LogP contribution in [0.2, 0.25) is 0 Å². The lowest BCUT2D eigenvalue weighted by Crippen LogP contribution is -2.30. The van der Waals surface area contributed by atoms with E-state index in [0.717, 1.165) is 29.7 Å². The van der Waals surface area contributed by atoms with Crippen molar-refractivity contribution in [3.05, 3.63) is 23.3 Å². The summed E-state index contributed by atoms with van der Waals surface area (Å²) in [7, 11) is -0.406. The molecule has 1 aliphatic rings. The first kappa shape index (κ1) is 16.2. The van der Waals surface area contributed by atoms with Crippen LogP contribution in [0.15, 0.2) is 17.0 Å². The topological polar surface area (TPSA) is 61.4 Å². The summed E-state index contributed by atoms with van der Waals surface area (Å²) < 4.78 is 25.8. The molecule has 0 unspecified atom stereocenters. The Morgan fingerprint density at radius 2 is 1.90 bits per heavy atom. The number of hydrogen-bond acceptors (Lipinski definition) is 3. The largest absolute Gasteiger partial charge is 0.360 e. The number of hydrogen-bond donors (Lipinski definition) is 2. The zero-order chi connectivity index (χ0) is 15.8. The van der Waals surface area contributed by atoms with Crippen LogP contribution in [-0.2, 0) is 10.0 Å². The van der Waals surface area contributed by atoms with Crippen LogP contribution in [0.4, 0.5) is 5.69 Å². The first-order valence-electron chi connectivity index (χ1n) is 6.83. The molecule has 21 heavy (non-hydrogen) atoms. The zero-order valence-corrected chi connectivity index (χ0v) is 14.4. The standard InChI is InChI=1S/C14H21N3O2S2/c1-9-7-12(21(18,19)17(3)4)8-13(10(9)2)16-14(20)15-11-5-6-11/h7-8,11H,5-6H2,1-4H3,(H2,15,16,20). The molecule has 1 fully saturated rings. The molecule has 1 aromatic carbocycles. The third-order valence-electron chi connectivity index (χ3n) is 3.58. The summed E-state index contributed by atoms with van der Waals surface area (Å²) >= 11 is 5.26. The van der Waals surface area contributed by atoms with Crippen LogP contribution in [-0.4, -0.2) is 38.0 Å². The fraction of sp³-hybridized carbons (Fsp3) is 0.500. The highest BCUT2D eigenvalue weighted by Gasteiger charge is 2.23. The molecular weight excluding hydrogens is 306 g/mol. The second kappa shape index (κ2) is 5.90. The summed E-state index contributed by atoms with van der Waals surface area (Å²) in [5.41, 5.74) is 2.64. The van der Waals surface area contributed by atoms with Gasteiger partial charge in [-0.3, -0.25) is 0 Å². The number of aryl methyl sites for hydroxylation is 1. The summed E-state index contributed by atoms with van der Waals surface area (Å²) in [5.74, 6) is 0. The molecule has 0 spiro atoms. The normalized spacial score (nSPS) is 15.1. The minimum Gasteiger partial charge on any atom is -0.360 e. The number of anilines is 1. The number of thiocarbonyl (C=S) groups is 1. The summed E-state index contributed by atoms with van der Waals surface area (Å²) in [6.07, 6.45) is 2.27. The number of nitrogens with one attached hydrogen (secondary N) is 2. The van der Waals surface area contributed by atoms with Crippen LogP contribution in [0.5, 0.6) is 0 Å². The van der Waals surface area contributed by atoms with E-state index in [2.05, 4.69) is 10.6 Å². The number of benzene rings is 1. The van der Waals surface area contributed by atoms with Gasteiger partial charge in [0.25, 0.3) is 0 Å². The van der Waals surface area contributed by atoms with Crippen molar-refractivity contribution < 1.29 is 8.42 Å². The van der Waals surface area contributed by atoms with E-state index in [-0.39, 0.29) is 4.90 Å². The van der Waals surface area contributed by atoms with Crippen molar-refractivity contribution in [1.29, 1.82) is 0 Å². The van der Waals surface area contributed by atoms with Gasteiger partial charge >= 0.3 is 0 Å². The predicted octanol–water partition coefficient (Wildman–Crippen LogP) is 2.00. The Bertz CT molecular complexity index is 665.